The Hall–Kier alpha value is -2.68. The van der Waals surface area contributed by atoms with Crippen molar-refractivity contribution in [2.45, 2.75) is 18.4 Å². The molecule has 25 heavy (non-hydrogen) atoms. The summed E-state index contributed by atoms with van der Waals surface area (Å²) in [6.45, 7) is -0.708. The van der Waals surface area contributed by atoms with E-state index in [-0.39, 0.29) is 16.2 Å². The minimum Gasteiger partial charge on any atom is -0.494 e. The van der Waals surface area contributed by atoms with Gasteiger partial charge in [0.15, 0.2) is 0 Å². The third kappa shape index (κ3) is 5.42. The van der Waals surface area contributed by atoms with Crippen LogP contribution >= 0.6 is 0 Å². The zero-order valence-corrected chi connectivity index (χ0v) is 14.0. The predicted octanol–water partition coefficient (Wildman–Crippen LogP) is 3.00. The van der Waals surface area contributed by atoms with Gasteiger partial charge in [0.1, 0.15) is 11.5 Å². The van der Waals surface area contributed by atoms with E-state index in [4.69, 9.17) is 4.74 Å². The van der Waals surface area contributed by atoms with Gasteiger partial charge in [-0.05, 0) is 43.3 Å². The number of alkyl halides is 2. The standard InChI is InChI=1S/C16H16F2N2O4S/c1-2-23-13-7-9-14(10-8-13)25(21,22)20-19-11-12-5-3-4-6-15(12)24-16(17)18/h3-11,16,20H,2H2,1H3. The molecule has 2 aromatic rings. The third-order valence-electron chi connectivity index (χ3n) is 2.96. The van der Waals surface area contributed by atoms with Gasteiger partial charge in [-0.2, -0.15) is 22.3 Å². The number of hydrazone groups is 1. The van der Waals surface area contributed by atoms with Crippen LogP contribution in [-0.2, 0) is 10.0 Å². The van der Waals surface area contributed by atoms with E-state index in [1.807, 2.05) is 11.8 Å². The van der Waals surface area contributed by atoms with Gasteiger partial charge in [-0.25, -0.2) is 4.83 Å². The van der Waals surface area contributed by atoms with E-state index in [0.717, 1.165) is 6.21 Å². The van der Waals surface area contributed by atoms with Crippen LogP contribution in [0.4, 0.5) is 8.78 Å². The second-order valence-electron chi connectivity index (χ2n) is 4.67. The zero-order chi connectivity index (χ0) is 18.3. The van der Waals surface area contributed by atoms with E-state index >= 15 is 0 Å². The zero-order valence-electron chi connectivity index (χ0n) is 13.2. The summed E-state index contributed by atoms with van der Waals surface area (Å²) in [5.74, 6) is 0.435. The molecule has 0 aromatic heterocycles. The second-order valence-corrected chi connectivity index (χ2v) is 6.33. The largest absolute Gasteiger partial charge is 0.494 e. The van der Waals surface area contributed by atoms with E-state index in [1.54, 1.807) is 6.07 Å². The first kappa shape index (κ1) is 18.7. The molecule has 0 saturated heterocycles. The van der Waals surface area contributed by atoms with Crippen LogP contribution in [0.3, 0.4) is 0 Å². The molecule has 0 saturated carbocycles. The fourth-order valence-corrected chi connectivity index (χ4v) is 2.68. The number of halogens is 2. The molecule has 2 rings (SSSR count). The lowest BCUT2D eigenvalue weighted by atomic mass is 10.2. The van der Waals surface area contributed by atoms with E-state index in [1.165, 1.54) is 42.5 Å². The Labute approximate surface area is 144 Å². The molecular weight excluding hydrogens is 354 g/mol. The third-order valence-corrected chi connectivity index (χ3v) is 4.20. The van der Waals surface area contributed by atoms with Gasteiger partial charge in [0.2, 0.25) is 0 Å². The number of benzene rings is 2. The Balaban J connectivity index is 2.10. The van der Waals surface area contributed by atoms with Gasteiger partial charge in [0, 0.05) is 5.56 Å². The molecule has 2 aromatic carbocycles. The molecule has 6 nitrogen and oxygen atoms in total. The van der Waals surface area contributed by atoms with Crippen molar-refractivity contribution in [3.63, 3.8) is 0 Å². The number of hydrogen-bond acceptors (Lipinski definition) is 5. The lowest BCUT2D eigenvalue weighted by molar-refractivity contribution is -0.0499. The highest BCUT2D eigenvalue weighted by Gasteiger charge is 2.13. The van der Waals surface area contributed by atoms with Gasteiger partial charge in [-0.3, -0.25) is 0 Å². The number of nitrogens with one attached hydrogen (secondary N) is 1. The van der Waals surface area contributed by atoms with Crippen molar-refractivity contribution >= 4 is 16.2 Å². The van der Waals surface area contributed by atoms with E-state index < -0.39 is 16.6 Å². The summed E-state index contributed by atoms with van der Waals surface area (Å²) >= 11 is 0. The summed E-state index contributed by atoms with van der Waals surface area (Å²) in [7, 11) is -3.89. The fraction of sp³-hybridized carbons (Fsp3) is 0.188. The fourth-order valence-electron chi connectivity index (χ4n) is 1.89. The summed E-state index contributed by atoms with van der Waals surface area (Å²) in [6.07, 6.45) is 1.09. The predicted molar refractivity (Wildman–Crippen MR) is 88.6 cm³/mol. The first-order valence-corrected chi connectivity index (χ1v) is 8.72. The van der Waals surface area contributed by atoms with Gasteiger partial charge in [0.25, 0.3) is 10.0 Å². The van der Waals surface area contributed by atoms with E-state index in [2.05, 4.69) is 9.84 Å². The molecule has 0 radical (unpaired) electrons. The molecule has 0 spiro atoms. The van der Waals surface area contributed by atoms with E-state index in [0.29, 0.717) is 12.4 Å². The maximum atomic E-state index is 12.3. The van der Waals surface area contributed by atoms with E-state index in [9.17, 15) is 17.2 Å². The van der Waals surface area contributed by atoms with Crippen LogP contribution in [-0.4, -0.2) is 27.9 Å². The first-order valence-electron chi connectivity index (χ1n) is 7.24. The summed E-state index contributed by atoms with van der Waals surface area (Å²) in [5.41, 5.74) is 0.206. The average Bonchev–Trinajstić information content (AvgIpc) is 2.57. The Morgan fingerprint density at radius 2 is 1.84 bits per heavy atom. The topological polar surface area (TPSA) is 77.0 Å². The molecule has 0 bridgehead atoms. The molecule has 1 N–H and O–H groups in total. The van der Waals surface area contributed by atoms with Crippen molar-refractivity contribution in [3.05, 3.63) is 54.1 Å². The monoisotopic (exact) mass is 370 g/mol. The highest BCUT2D eigenvalue weighted by molar-refractivity contribution is 7.89. The molecule has 0 atom stereocenters. The Morgan fingerprint density at radius 1 is 1.16 bits per heavy atom. The van der Waals surface area contributed by atoms with Crippen molar-refractivity contribution in [3.8, 4) is 11.5 Å². The molecule has 0 heterocycles. The lowest BCUT2D eigenvalue weighted by Crippen LogP contribution is -2.18. The molecule has 0 amide bonds. The minimum absolute atomic E-state index is 0.00906. The van der Waals surface area contributed by atoms with Crippen LogP contribution < -0.4 is 14.3 Å². The van der Waals surface area contributed by atoms with Gasteiger partial charge in [-0.15, -0.1) is 0 Å². The van der Waals surface area contributed by atoms with Crippen LogP contribution in [0.15, 0.2) is 58.5 Å². The number of rotatable bonds is 8. The van der Waals surface area contributed by atoms with Gasteiger partial charge in [0.05, 0.1) is 17.7 Å². The lowest BCUT2D eigenvalue weighted by Gasteiger charge is -2.08. The maximum absolute atomic E-state index is 12.3. The molecule has 0 aliphatic rings. The normalized spacial score (nSPS) is 11.7. The molecule has 0 aliphatic heterocycles. The second kappa shape index (κ2) is 8.43. The average molecular weight is 370 g/mol. The summed E-state index contributed by atoms with van der Waals surface area (Å²) in [4.78, 5) is 2.00. The SMILES string of the molecule is CCOc1ccc(S(=O)(=O)NN=Cc2ccccc2OC(F)F)cc1. The number of nitrogens with zero attached hydrogens (tertiary/aromatic N) is 1. The molecule has 0 fully saturated rings. The summed E-state index contributed by atoms with van der Waals surface area (Å²) < 4.78 is 58.5. The maximum Gasteiger partial charge on any atom is 0.387 e. The number of sulfonamides is 1. The molecular formula is C16H16F2N2O4S. The highest BCUT2D eigenvalue weighted by atomic mass is 32.2. The highest BCUT2D eigenvalue weighted by Crippen LogP contribution is 2.19. The Kier molecular flexibility index (Phi) is 6.29. The van der Waals surface area contributed by atoms with Crippen molar-refractivity contribution in [1.82, 2.24) is 4.83 Å². The number of hydrogen-bond donors (Lipinski definition) is 1. The van der Waals surface area contributed by atoms with Crippen molar-refractivity contribution in [2.75, 3.05) is 6.61 Å². The Bertz CT molecular complexity index is 824. The number of para-hydroxylation sites is 1. The van der Waals surface area contributed by atoms with Crippen LogP contribution in [0.1, 0.15) is 12.5 Å². The number of ether oxygens (including phenoxy) is 2. The summed E-state index contributed by atoms with van der Waals surface area (Å²) in [5, 5.41) is 3.60. The molecule has 0 unspecified atom stereocenters. The van der Waals surface area contributed by atoms with Crippen LogP contribution in [0.2, 0.25) is 0 Å². The van der Waals surface area contributed by atoms with Gasteiger partial charge < -0.3 is 9.47 Å². The smallest absolute Gasteiger partial charge is 0.387 e. The van der Waals surface area contributed by atoms with Gasteiger partial charge >= 0.3 is 6.61 Å². The van der Waals surface area contributed by atoms with Crippen molar-refractivity contribution in [1.29, 1.82) is 0 Å². The van der Waals surface area contributed by atoms with Crippen molar-refractivity contribution in [2.24, 2.45) is 5.10 Å². The minimum atomic E-state index is -3.89. The molecule has 9 heteroatoms. The molecule has 134 valence electrons. The van der Waals surface area contributed by atoms with Crippen LogP contribution in [0, 0.1) is 0 Å². The molecule has 0 aliphatic carbocycles. The van der Waals surface area contributed by atoms with Crippen molar-refractivity contribution < 1.29 is 26.7 Å². The summed E-state index contributed by atoms with van der Waals surface area (Å²) in [6, 6.07) is 11.7. The first-order chi connectivity index (χ1) is 11.9. The van der Waals surface area contributed by atoms with Crippen LogP contribution in [0.25, 0.3) is 0 Å². The Morgan fingerprint density at radius 3 is 2.48 bits per heavy atom. The quantitative estimate of drug-likeness (QED) is 0.572. The van der Waals surface area contributed by atoms with Crippen LogP contribution in [0.5, 0.6) is 11.5 Å². The van der Waals surface area contributed by atoms with Gasteiger partial charge in [-0.1, -0.05) is 12.1 Å².